The molecule has 12 heteroatoms. The number of hydrogen-bond donors (Lipinski definition) is 1. The molecule has 0 aliphatic rings. The monoisotopic (exact) mass is 364 g/mol. The quantitative estimate of drug-likeness (QED) is 0.622. The molecule has 0 aliphatic carbocycles. The Morgan fingerprint density at radius 2 is 2.04 bits per heavy atom. The van der Waals surface area contributed by atoms with Gasteiger partial charge in [-0.25, -0.2) is 8.42 Å². The summed E-state index contributed by atoms with van der Waals surface area (Å²) in [6.45, 7) is 0.556. The summed E-state index contributed by atoms with van der Waals surface area (Å²) in [7, 11) is -5.65. The van der Waals surface area contributed by atoms with E-state index in [4.69, 9.17) is 0 Å². The molecular formula is C12H11F3N4O4S. The number of aromatic nitrogens is 2. The first-order valence-corrected chi connectivity index (χ1v) is 7.92. The zero-order valence-corrected chi connectivity index (χ0v) is 12.7. The van der Waals surface area contributed by atoms with Gasteiger partial charge in [0, 0.05) is 25.0 Å². The number of nitrogens with one attached hydrogen (secondary N) is 1. The van der Waals surface area contributed by atoms with E-state index in [2.05, 4.69) is 10.4 Å². The van der Waals surface area contributed by atoms with Crippen LogP contribution in [-0.4, -0.2) is 35.2 Å². The minimum atomic E-state index is -5.65. The zero-order chi connectivity index (χ0) is 18.0. The van der Waals surface area contributed by atoms with Gasteiger partial charge in [-0.05, 0) is 18.2 Å². The van der Waals surface area contributed by atoms with Gasteiger partial charge in [-0.2, -0.15) is 18.3 Å². The molecule has 0 aliphatic heterocycles. The predicted octanol–water partition coefficient (Wildman–Crippen LogP) is 2.20. The zero-order valence-electron chi connectivity index (χ0n) is 11.9. The Kier molecular flexibility index (Phi) is 4.78. The number of rotatable bonds is 6. The average Bonchev–Trinajstić information content (AvgIpc) is 2.99. The Morgan fingerprint density at radius 1 is 1.33 bits per heavy atom. The summed E-state index contributed by atoms with van der Waals surface area (Å²) in [4.78, 5) is 8.88. The number of hydrogen-bond acceptors (Lipinski definition) is 6. The highest BCUT2D eigenvalue weighted by atomic mass is 32.2. The van der Waals surface area contributed by atoms with Crippen molar-refractivity contribution in [2.24, 2.45) is 0 Å². The molecule has 0 saturated carbocycles. The van der Waals surface area contributed by atoms with Crippen molar-refractivity contribution in [2.75, 3.05) is 11.9 Å². The molecule has 2 aromatic rings. The summed E-state index contributed by atoms with van der Waals surface area (Å²) in [6, 6.07) is 3.67. The summed E-state index contributed by atoms with van der Waals surface area (Å²) in [5, 5.41) is 17.6. The molecule has 1 aromatic heterocycles. The number of halogens is 3. The molecule has 0 unspecified atom stereocenters. The molecule has 24 heavy (non-hydrogen) atoms. The summed E-state index contributed by atoms with van der Waals surface area (Å²) < 4.78 is 61.8. The van der Waals surface area contributed by atoms with Gasteiger partial charge in [0.05, 0.1) is 16.4 Å². The lowest BCUT2D eigenvalue weighted by Gasteiger charge is -2.11. The van der Waals surface area contributed by atoms with Crippen LogP contribution >= 0.6 is 0 Å². The molecule has 1 aromatic carbocycles. The average molecular weight is 364 g/mol. The van der Waals surface area contributed by atoms with Gasteiger partial charge in [0.1, 0.15) is 5.69 Å². The molecule has 0 fully saturated rings. The highest BCUT2D eigenvalue weighted by Gasteiger charge is 2.47. The molecule has 0 bridgehead atoms. The first-order chi connectivity index (χ1) is 11.1. The highest BCUT2D eigenvalue weighted by Crippen LogP contribution is 2.34. The predicted molar refractivity (Wildman–Crippen MR) is 77.1 cm³/mol. The number of alkyl halides is 3. The van der Waals surface area contributed by atoms with Crippen molar-refractivity contribution < 1.29 is 26.5 Å². The number of benzene rings is 1. The van der Waals surface area contributed by atoms with Crippen molar-refractivity contribution >= 4 is 21.2 Å². The van der Waals surface area contributed by atoms with E-state index >= 15 is 0 Å². The lowest BCUT2D eigenvalue weighted by molar-refractivity contribution is -0.384. The van der Waals surface area contributed by atoms with E-state index in [1.807, 2.05) is 0 Å². The minimum Gasteiger partial charge on any atom is -0.378 e. The van der Waals surface area contributed by atoms with Crippen LogP contribution in [0.2, 0.25) is 0 Å². The molecule has 0 atom stereocenters. The fourth-order valence-corrected chi connectivity index (χ4v) is 2.63. The third-order valence-electron chi connectivity index (χ3n) is 3.00. The van der Waals surface area contributed by atoms with Gasteiger partial charge in [-0.3, -0.25) is 14.8 Å². The van der Waals surface area contributed by atoms with Crippen molar-refractivity contribution in [1.82, 2.24) is 9.78 Å². The maximum absolute atomic E-state index is 12.5. The van der Waals surface area contributed by atoms with Crippen molar-refractivity contribution in [2.45, 2.75) is 16.9 Å². The number of nitro groups is 1. The topological polar surface area (TPSA) is 107 Å². The molecular weight excluding hydrogens is 353 g/mol. The lowest BCUT2D eigenvalue weighted by Crippen LogP contribution is -2.23. The smallest absolute Gasteiger partial charge is 0.378 e. The fraction of sp³-hybridized carbons (Fsp3) is 0.250. The molecule has 1 heterocycles. The molecule has 0 saturated heterocycles. The number of sulfone groups is 1. The standard InChI is InChI=1S/C12H11F3N4O4S/c13-12(14,15)24(22,23)9-2-3-10(11(8-9)19(20)21)16-5-7-18-6-1-4-17-18/h1-4,6,8,16H,5,7H2. The van der Waals surface area contributed by atoms with Crippen LogP contribution in [0.25, 0.3) is 0 Å². The van der Waals surface area contributed by atoms with Crippen molar-refractivity contribution in [3.63, 3.8) is 0 Å². The maximum Gasteiger partial charge on any atom is 0.501 e. The van der Waals surface area contributed by atoms with E-state index in [0.717, 1.165) is 6.07 Å². The Labute approximate surface area is 134 Å². The lowest BCUT2D eigenvalue weighted by atomic mass is 10.2. The second-order valence-electron chi connectivity index (χ2n) is 4.58. The number of nitrogens with zero attached hydrogens (tertiary/aromatic N) is 3. The van der Waals surface area contributed by atoms with Crippen LogP contribution in [0, 0.1) is 10.1 Å². The van der Waals surface area contributed by atoms with Gasteiger partial charge < -0.3 is 5.32 Å². The van der Waals surface area contributed by atoms with E-state index in [-0.39, 0.29) is 12.2 Å². The van der Waals surface area contributed by atoms with E-state index < -0.39 is 30.9 Å². The second-order valence-corrected chi connectivity index (χ2v) is 6.52. The molecule has 8 nitrogen and oxygen atoms in total. The molecule has 1 N–H and O–H groups in total. The Morgan fingerprint density at radius 3 is 2.58 bits per heavy atom. The van der Waals surface area contributed by atoms with Crippen LogP contribution in [0.5, 0.6) is 0 Å². The Balaban J connectivity index is 2.25. The van der Waals surface area contributed by atoms with Crippen molar-refractivity contribution in [3.05, 3.63) is 46.8 Å². The van der Waals surface area contributed by atoms with Gasteiger partial charge >= 0.3 is 5.51 Å². The van der Waals surface area contributed by atoms with Crippen LogP contribution in [0.3, 0.4) is 0 Å². The molecule has 2 rings (SSSR count). The summed E-state index contributed by atoms with van der Waals surface area (Å²) >= 11 is 0. The van der Waals surface area contributed by atoms with Crippen molar-refractivity contribution in [1.29, 1.82) is 0 Å². The van der Waals surface area contributed by atoms with E-state index in [0.29, 0.717) is 18.7 Å². The Bertz CT molecular complexity index is 834. The first-order valence-electron chi connectivity index (χ1n) is 6.44. The molecule has 130 valence electrons. The Hall–Kier alpha value is -2.63. The highest BCUT2D eigenvalue weighted by molar-refractivity contribution is 7.92. The van der Waals surface area contributed by atoms with Crippen LogP contribution in [0.15, 0.2) is 41.6 Å². The van der Waals surface area contributed by atoms with Gasteiger partial charge in [0.15, 0.2) is 0 Å². The van der Waals surface area contributed by atoms with Gasteiger partial charge in [-0.15, -0.1) is 0 Å². The van der Waals surface area contributed by atoms with Crippen LogP contribution in [0.1, 0.15) is 0 Å². The summed E-state index contributed by atoms with van der Waals surface area (Å²) in [5.74, 6) is 0. The fourth-order valence-electron chi connectivity index (χ4n) is 1.85. The van der Waals surface area contributed by atoms with Crippen LogP contribution in [-0.2, 0) is 16.4 Å². The van der Waals surface area contributed by atoms with Crippen molar-refractivity contribution in [3.8, 4) is 0 Å². The molecule has 0 radical (unpaired) electrons. The van der Waals surface area contributed by atoms with E-state index in [1.54, 1.807) is 23.1 Å². The summed E-state index contributed by atoms with van der Waals surface area (Å²) in [5.41, 5.74) is -6.38. The van der Waals surface area contributed by atoms with Gasteiger partial charge in [-0.1, -0.05) is 0 Å². The number of anilines is 1. The minimum absolute atomic E-state index is 0.0896. The van der Waals surface area contributed by atoms with E-state index in [9.17, 15) is 31.7 Å². The third kappa shape index (κ3) is 3.64. The maximum atomic E-state index is 12.5. The van der Waals surface area contributed by atoms with Crippen LogP contribution < -0.4 is 5.32 Å². The van der Waals surface area contributed by atoms with Gasteiger partial charge in [0.2, 0.25) is 0 Å². The number of nitro benzene ring substituents is 1. The van der Waals surface area contributed by atoms with Gasteiger partial charge in [0.25, 0.3) is 15.5 Å². The SMILES string of the molecule is O=[N+]([O-])c1cc(S(=O)(=O)C(F)(F)F)ccc1NCCn1cccn1. The summed E-state index contributed by atoms with van der Waals surface area (Å²) in [6.07, 6.45) is 3.20. The largest absolute Gasteiger partial charge is 0.501 e. The molecule has 0 amide bonds. The normalized spacial score (nSPS) is 12.1. The first kappa shape index (κ1) is 17.7. The van der Waals surface area contributed by atoms with Crippen LogP contribution in [0.4, 0.5) is 24.5 Å². The third-order valence-corrected chi connectivity index (χ3v) is 4.48. The second kappa shape index (κ2) is 6.47. The molecule has 0 spiro atoms. The van der Waals surface area contributed by atoms with E-state index in [1.165, 1.54) is 0 Å².